The zero-order valence-corrected chi connectivity index (χ0v) is 12.8. The number of halogens is 1. The van der Waals surface area contributed by atoms with Gasteiger partial charge < -0.3 is 15.8 Å². The molecule has 2 amide bonds. The van der Waals surface area contributed by atoms with Gasteiger partial charge in [0, 0.05) is 11.3 Å². The van der Waals surface area contributed by atoms with Crippen LogP contribution < -0.4 is 11.1 Å². The highest BCUT2D eigenvalue weighted by Gasteiger charge is 2.19. The van der Waals surface area contributed by atoms with Crippen molar-refractivity contribution in [1.29, 1.82) is 0 Å². The number of hydrogen-bond donors (Lipinski definition) is 2. The molecule has 6 nitrogen and oxygen atoms in total. The number of carbonyl (C=O) groups excluding carboxylic acids is 3. The number of benzene rings is 2. The monoisotopic (exact) mass is 330 g/mol. The minimum atomic E-state index is -1.06. The Hall–Kier alpha value is -3.22. The van der Waals surface area contributed by atoms with Crippen LogP contribution in [0.3, 0.4) is 0 Å². The first-order chi connectivity index (χ1) is 11.4. The molecule has 1 atom stereocenters. The van der Waals surface area contributed by atoms with Crippen LogP contribution in [0.15, 0.2) is 48.5 Å². The van der Waals surface area contributed by atoms with Gasteiger partial charge in [-0.1, -0.05) is 0 Å². The average molecular weight is 330 g/mol. The molecule has 2 aromatic carbocycles. The summed E-state index contributed by atoms with van der Waals surface area (Å²) < 4.78 is 17.8. The zero-order chi connectivity index (χ0) is 17.7. The molecule has 0 aromatic heterocycles. The number of amides is 2. The van der Waals surface area contributed by atoms with Crippen LogP contribution in [0.1, 0.15) is 27.6 Å². The predicted molar refractivity (Wildman–Crippen MR) is 84.9 cm³/mol. The molecular formula is C17H15FN2O4. The van der Waals surface area contributed by atoms with E-state index in [-0.39, 0.29) is 5.56 Å². The van der Waals surface area contributed by atoms with E-state index in [4.69, 9.17) is 10.5 Å². The van der Waals surface area contributed by atoms with Crippen LogP contribution in [0.4, 0.5) is 10.1 Å². The first-order valence-electron chi connectivity index (χ1n) is 7.04. The number of nitrogens with one attached hydrogen (secondary N) is 1. The van der Waals surface area contributed by atoms with Gasteiger partial charge in [0.05, 0.1) is 5.56 Å². The van der Waals surface area contributed by atoms with Gasteiger partial charge >= 0.3 is 5.97 Å². The fraction of sp³-hybridized carbons (Fsp3) is 0.118. The van der Waals surface area contributed by atoms with Crippen molar-refractivity contribution in [3.63, 3.8) is 0 Å². The number of anilines is 1. The summed E-state index contributed by atoms with van der Waals surface area (Å²) in [5.74, 6) is -2.33. The molecule has 0 aliphatic heterocycles. The Bertz CT molecular complexity index is 757. The maximum Gasteiger partial charge on any atom is 0.338 e. The average Bonchev–Trinajstić information content (AvgIpc) is 2.55. The van der Waals surface area contributed by atoms with Crippen molar-refractivity contribution in [2.24, 2.45) is 5.73 Å². The second-order valence-electron chi connectivity index (χ2n) is 4.99. The molecule has 0 heterocycles. The lowest BCUT2D eigenvalue weighted by molar-refractivity contribution is -0.123. The summed E-state index contributed by atoms with van der Waals surface area (Å²) >= 11 is 0. The van der Waals surface area contributed by atoms with Crippen molar-refractivity contribution in [1.82, 2.24) is 0 Å². The molecule has 0 saturated heterocycles. The molecule has 2 rings (SSSR count). The van der Waals surface area contributed by atoms with E-state index >= 15 is 0 Å². The lowest BCUT2D eigenvalue weighted by Crippen LogP contribution is -2.30. The van der Waals surface area contributed by atoms with Gasteiger partial charge in [-0.05, 0) is 55.5 Å². The van der Waals surface area contributed by atoms with E-state index in [1.807, 2.05) is 0 Å². The number of ether oxygens (including phenoxy) is 1. The van der Waals surface area contributed by atoms with Crippen molar-refractivity contribution in [2.45, 2.75) is 13.0 Å². The molecule has 7 heteroatoms. The van der Waals surface area contributed by atoms with Gasteiger partial charge in [-0.25, -0.2) is 9.18 Å². The first-order valence-corrected chi connectivity index (χ1v) is 7.04. The highest BCUT2D eigenvalue weighted by molar-refractivity contribution is 5.98. The molecule has 1 unspecified atom stereocenters. The van der Waals surface area contributed by atoms with Gasteiger partial charge in [0.2, 0.25) is 5.91 Å². The summed E-state index contributed by atoms with van der Waals surface area (Å²) in [7, 11) is 0. The zero-order valence-electron chi connectivity index (χ0n) is 12.8. The molecule has 3 N–H and O–H groups in total. The Morgan fingerprint density at radius 2 is 1.54 bits per heavy atom. The first kappa shape index (κ1) is 17.1. The minimum Gasteiger partial charge on any atom is -0.449 e. The van der Waals surface area contributed by atoms with Crippen molar-refractivity contribution >= 4 is 23.5 Å². The van der Waals surface area contributed by atoms with Gasteiger partial charge in [0.15, 0.2) is 6.10 Å². The number of primary amides is 1. The number of esters is 1. The van der Waals surface area contributed by atoms with E-state index in [2.05, 4.69) is 5.32 Å². The highest BCUT2D eigenvalue weighted by atomic mass is 19.1. The maximum atomic E-state index is 12.8. The van der Waals surface area contributed by atoms with Crippen LogP contribution in [0.5, 0.6) is 0 Å². The predicted octanol–water partition coefficient (Wildman–Crippen LogP) is 2.11. The van der Waals surface area contributed by atoms with Crippen molar-refractivity contribution in [3.8, 4) is 0 Å². The Labute approximate surface area is 137 Å². The van der Waals surface area contributed by atoms with E-state index in [9.17, 15) is 18.8 Å². The van der Waals surface area contributed by atoms with Crippen molar-refractivity contribution in [2.75, 3.05) is 5.32 Å². The number of rotatable bonds is 5. The molecule has 0 saturated carbocycles. The summed E-state index contributed by atoms with van der Waals surface area (Å²) in [4.78, 5) is 34.9. The molecule has 124 valence electrons. The topological polar surface area (TPSA) is 98.5 Å². The molecule has 0 bridgehead atoms. The Balaban J connectivity index is 1.95. The molecule has 24 heavy (non-hydrogen) atoms. The molecule has 0 fully saturated rings. The summed E-state index contributed by atoms with van der Waals surface area (Å²) in [6.07, 6.45) is -1.06. The largest absolute Gasteiger partial charge is 0.449 e. The van der Waals surface area contributed by atoms with Gasteiger partial charge in [0.1, 0.15) is 5.82 Å². The second kappa shape index (κ2) is 7.36. The minimum absolute atomic E-state index is 0.141. The lowest BCUT2D eigenvalue weighted by Gasteiger charge is -2.13. The summed E-state index contributed by atoms with van der Waals surface area (Å²) in [5.41, 5.74) is 6.00. The quantitative estimate of drug-likeness (QED) is 0.820. The van der Waals surface area contributed by atoms with Crippen LogP contribution in [0.25, 0.3) is 0 Å². The van der Waals surface area contributed by atoms with Crippen LogP contribution in [-0.2, 0) is 9.53 Å². The Morgan fingerprint density at radius 3 is 2.08 bits per heavy atom. The highest BCUT2D eigenvalue weighted by Crippen LogP contribution is 2.11. The maximum absolute atomic E-state index is 12.8. The van der Waals surface area contributed by atoms with Crippen LogP contribution >= 0.6 is 0 Å². The third-order valence-electron chi connectivity index (χ3n) is 3.17. The summed E-state index contributed by atoms with van der Waals surface area (Å²) in [5, 5.41) is 2.55. The molecular weight excluding hydrogens is 315 g/mol. The number of hydrogen-bond acceptors (Lipinski definition) is 4. The third-order valence-corrected chi connectivity index (χ3v) is 3.17. The smallest absolute Gasteiger partial charge is 0.338 e. The molecule has 0 radical (unpaired) electrons. The summed E-state index contributed by atoms with van der Waals surface area (Å²) in [6, 6.07) is 10.7. The van der Waals surface area contributed by atoms with E-state index < -0.39 is 29.7 Å². The van der Waals surface area contributed by atoms with E-state index in [0.717, 1.165) is 12.1 Å². The van der Waals surface area contributed by atoms with Crippen molar-refractivity contribution < 1.29 is 23.5 Å². The van der Waals surface area contributed by atoms with E-state index in [1.54, 1.807) is 0 Å². The summed E-state index contributed by atoms with van der Waals surface area (Å²) in [6.45, 7) is 1.41. The van der Waals surface area contributed by atoms with E-state index in [1.165, 1.54) is 43.3 Å². The standard InChI is InChI=1S/C17H15FN2O4/c1-10(24-17(23)12-2-6-13(18)7-3-12)16(22)20-14-8-4-11(5-9-14)15(19)21/h2-10H,1H3,(H2,19,21)(H,20,22). The van der Waals surface area contributed by atoms with Crippen LogP contribution in [0, 0.1) is 5.82 Å². The van der Waals surface area contributed by atoms with Gasteiger partial charge in [0.25, 0.3) is 5.91 Å². The third kappa shape index (κ3) is 4.39. The number of nitrogens with two attached hydrogens (primary N) is 1. The second-order valence-corrected chi connectivity index (χ2v) is 4.99. The van der Waals surface area contributed by atoms with Gasteiger partial charge in [-0.15, -0.1) is 0 Å². The van der Waals surface area contributed by atoms with Crippen LogP contribution in [-0.4, -0.2) is 23.9 Å². The SMILES string of the molecule is CC(OC(=O)c1ccc(F)cc1)C(=O)Nc1ccc(C(N)=O)cc1. The van der Waals surface area contributed by atoms with Crippen LogP contribution in [0.2, 0.25) is 0 Å². The molecule has 0 aliphatic rings. The normalized spacial score (nSPS) is 11.4. The van der Waals surface area contributed by atoms with Gasteiger partial charge in [-0.2, -0.15) is 0 Å². The lowest BCUT2D eigenvalue weighted by atomic mass is 10.2. The fourth-order valence-electron chi connectivity index (χ4n) is 1.83. The van der Waals surface area contributed by atoms with E-state index in [0.29, 0.717) is 11.3 Å². The Morgan fingerprint density at radius 1 is 1.00 bits per heavy atom. The number of carbonyl (C=O) groups is 3. The van der Waals surface area contributed by atoms with Crippen molar-refractivity contribution in [3.05, 3.63) is 65.5 Å². The Kier molecular flexibility index (Phi) is 5.26. The molecule has 0 aliphatic carbocycles. The fourth-order valence-corrected chi connectivity index (χ4v) is 1.83. The van der Waals surface area contributed by atoms with Gasteiger partial charge in [-0.3, -0.25) is 9.59 Å². The molecule has 2 aromatic rings. The molecule has 0 spiro atoms.